The normalized spacial score (nSPS) is 14.4. The number of hydrogen-bond donors (Lipinski definition) is 0. The highest BCUT2D eigenvalue weighted by molar-refractivity contribution is 6.35. The van der Waals surface area contributed by atoms with E-state index in [1.54, 1.807) is 41.4 Å². The summed E-state index contributed by atoms with van der Waals surface area (Å²) >= 11 is 12.1. The van der Waals surface area contributed by atoms with Crippen LogP contribution >= 0.6 is 23.2 Å². The molecule has 1 aliphatic rings. The van der Waals surface area contributed by atoms with Gasteiger partial charge in [0.2, 0.25) is 0 Å². The standard InChI is InChI=1S/C17H14Cl2N4O/c18-13-3-4-15(19)14(10-13)17(24)23-8-6-22(7-9-23)16-12(11-20)2-1-5-21-16/h1-5,10H,6-9H2. The van der Waals surface area contributed by atoms with Crippen LogP contribution in [0.15, 0.2) is 36.5 Å². The van der Waals surface area contributed by atoms with E-state index in [9.17, 15) is 10.1 Å². The summed E-state index contributed by atoms with van der Waals surface area (Å²) in [5.74, 6) is 0.525. The van der Waals surface area contributed by atoms with Crippen LogP contribution in [0.5, 0.6) is 0 Å². The van der Waals surface area contributed by atoms with Gasteiger partial charge in [-0.05, 0) is 30.3 Å². The van der Waals surface area contributed by atoms with Gasteiger partial charge >= 0.3 is 0 Å². The second-order valence-corrected chi connectivity index (χ2v) is 6.23. The zero-order valence-corrected chi connectivity index (χ0v) is 14.3. The largest absolute Gasteiger partial charge is 0.352 e. The molecule has 0 saturated carbocycles. The fourth-order valence-corrected chi connectivity index (χ4v) is 3.06. The molecule has 1 fully saturated rings. The molecule has 2 heterocycles. The van der Waals surface area contributed by atoms with E-state index in [0.29, 0.717) is 53.2 Å². The first-order chi connectivity index (χ1) is 11.6. The Hall–Kier alpha value is -2.29. The Kier molecular flexibility index (Phi) is 4.89. The van der Waals surface area contributed by atoms with Gasteiger partial charge in [-0.2, -0.15) is 5.26 Å². The predicted molar refractivity (Wildman–Crippen MR) is 93.5 cm³/mol. The van der Waals surface area contributed by atoms with E-state index in [-0.39, 0.29) is 5.91 Å². The molecule has 1 saturated heterocycles. The number of amides is 1. The molecule has 0 bridgehead atoms. The van der Waals surface area contributed by atoms with Crippen molar-refractivity contribution in [1.29, 1.82) is 5.26 Å². The molecule has 2 aromatic rings. The number of anilines is 1. The van der Waals surface area contributed by atoms with E-state index < -0.39 is 0 Å². The maximum absolute atomic E-state index is 12.6. The molecule has 1 aliphatic heterocycles. The van der Waals surface area contributed by atoms with Crippen molar-refractivity contribution < 1.29 is 4.79 Å². The SMILES string of the molecule is N#Cc1cccnc1N1CCN(C(=O)c2cc(Cl)ccc2Cl)CC1. The van der Waals surface area contributed by atoms with Gasteiger partial charge in [-0.1, -0.05) is 23.2 Å². The highest BCUT2D eigenvalue weighted by Gasteiger charge is 2.25. The van der Waals surface area contributed by atoms with Gasteiger partial charge in [0.05, 0.1) is 16.1 Å². The van der Waals surface area contributed by atoms with Crippen LogP contribution in [0.1, 0.15) is 15.9 Å². The molecule has 1 amide bonds. The Labute approximate surface area is 150 Å². The lowest BCUT2D eigenvalue weighted by Crippen LogP contribution is -2.49. The van der Waals surface area contributed by atoms with E-state index in [0.717, 1.165) is 0 Å². The van der Waals surface area contributed by atoms with Gasteiger partial charge in [0.25, 0.3) is 5.91 Å². The van der Waals surface area contributed by atoms with Crippen LogP contribution in [0.3, 0.4) is 0 Å². The van der Waals surface area contributed by atoms with Crippen molar-refractivity contribution in [2.24, 2.45) is 0 Å². The van der Waals surface area contributed by atoms with E-state index >= 15 is 0 Å². The van der Waals surface area contributed by atoms with Gasteiger partial charge in [0, 0.05) is 37.4 Å². The third-order valence-corrected chi connectivity index (χ3v) is 4.50. The minimum Gasteiger partial charge on any atom is -0.352 e. The molecule has 1 aromatic carbocycles. The van der Waals surface area contributed by atoms with E-state index in [4.69, 9.17) is 23.2 Å². The highest BCUT2D eigenvalue weighted by atomic mass is 35.5. The second kappa shape index (κ2) is 7.08. The van der Waals surface area contributed by atoms with Crippen LogP contribution in [0.25, 0.3) is 0 Å². The quantitative estimate of drug-likeness (QED) is 0.824. The smallest absolute Gasteiger partial charge is 0.255 e. The first-order valence-electron chi connectivity index (χ1n) is 7.44. The molecule has 7 heteroatoms. The lowest BCUT2D eigenvalue weighted by atomic mass is 10.1. The van der Waals surface area contributed by atoms with Gasteiger partial charge in [-0.15, -0.1) is 0 Å². The molecule has 5 nitrogen and oxygen atoms in total. The van der Waals surface area contributed by atoms with Crippen LogP contribution < -0.4 is 4.90 Å². The number of carbonyl (C=O) groups excluding carboxylic acids is 1. The zero-order valence-electron chi connectivity index (χ0n) is 12.7. The summed E-state index contributed by atoms with van der Waals surface area (Å²) in [7, 11) is 0. The van der Waals surface area contributed by atoms with Crippen LogP contribution in [-0.4, -0.2) is 42.0 Å². The Morgan fingerprint density at radius 1 is 1.17 bits per heavy atom. The molecule has 0 aliphatic carbocycles. The summed E-state index contributed by atoms with van der Waals surface area (Å²) in [4.78, 5) is 20.7. The zero-order chi connectivity index (χ0) is 17.1. The van der Waals surface area contributed by atoms with Crippen molar-refractivity contribution in [1.82, 2.24) is 9.88 Å². The van der Waals surface area contributed by atoms with Crippen molar-refractivity contribution >= 4 is 34.9 Å². The molecule has 0 radical (unpaired) electrons. The number of nitriles is 1. The van der Waals surface area contributed by atoms with Crippen LogP contribution in [-0.2, 0) is 0 Å². The van der Waals surface area contributed by atoms with Crippen LogP contribution in [0.2, 0.25) is 10.0 Å². The average molecular weight is 361 g/mol. The molecule has 3 rings (SSSR count). The molecule has 0 unspecified atom stereocenters. The van der Waals surface area contributed by atoms with Gasteiger partial charge in [0.15, 0.2) is 0 Å². The summed E-state index contributed by atoms with van der Waals surface area (Å²) in [6, 6.07) is 10.5. The number of benzene rings is 1. The minimum atomic E-state index is -0.135. The number of piperazine rings is 1. The summed E-state index contributed by atoms with van der Waals surface area (Å²) in [6.45, 7) is 2.28. The average Bonchev–Trinajstić information content (AvgIpc) is 2.63. The third kappa shape index (κ3) is 3.30. The van der Waals surface area contributed by atoms with E-state index in [1.807, 2.05) is 4.90 Å². The Morgan fingerprint density at radius 2 is 1.92 bits per heavy atom. The summed E-state index contributed by atoms with van der Waals surface area (Å²) in [5.41, 5.74) is 0.948. The first-order valence-corrected chi connectivity index (χ1v) is 8.20. The minimum absolute atomic E-state index is 0.135. The van der Waals surface area contributed by atoms with E-state index in [1.165, 1.54) is 0 Å². The Morgan fingerprint density at radius 3 is 2.62 bits per heavy atom. The van der Waals surface area contributed by atoms with E-state index in [2.05, 4.69) is 11.1 Å². The fourth-order valence-electron chi connectivity index (χ4n) is 2.69. The molecule has 1 aromatic heterocycles. The van der Waals surface area contributed by atoms with Crippen molar-refractivity contribution in [3.8, 4) is 6.07 Å². The predicted octanol–water partition coefficient (Wildman–Crippen LogP) is 3.22. The molecule has 0 atom stereocenters. The molecular weight excluding hydrogens is 347 g/mol. The number of hydrogen-bond acceptors (Lipinski definition) is 4. The number of rotatable bonds is 2. The number of pyridine rings is 1. The van der Waals surface area contributed by atoms with Gasteiger partial charge in [-0.25, -0.2) is 4.98 Å². The van der Waals surface area contributed by atoms with Crippen molar-refractivity contribution in [2.45, 2.75) is 0 Å². The highest BCUT2D eigenvalue weighted by Crippen LogP contribution is 2.24. The number of aromatic nitrogens is 1. The summed E-state index contributed by atoms with van der Waals surface area (Å²) in [6.07, 6.45) is 1.67. The first kappa shape index (κ1) is 16.6. The lowest BCUT2D eigenvalue weighted by molar-refractivity contribution is 0.0746. The molecule has 0 N–H and O–H groups in total. The molecular formula is C17H14Cl2N4O. The molecule has 24 heavy (non-hydrogen) atoms. The number of nitrogens with zero attached hydrogens (tertiary/aromatic N) is 4. The van der Waals surface area contributed by atoms with Gasteiger partial charge in [0.1, 0.15) is 11.9 Å². The van der Waals surface area contributed by atoms with Crippen LogP contribution in [0, 0.1) is 11.3 Å². The molecule has 122 valence electrons. The third-order valence-electron chi connectivity index (χ3n) is 3.93. The second-order valence-electron chi connectivity index (χ2n) is 5.39. The molecule has 0 spiro atoms. The number of carbonyl (C=O) groups is 1. The Balaban J connectivity index is 1.72. The Bertz CT molecular complexity index is 810. The monoisotopic (exact) mass is 360 g/mol. The fraction of sp³-hybridized carbons (Fsp3) is 0.235. The maximum Gasteiger partial charge on any atom is 0.255 e. The van der Waals surface area contributed by atoms with Gasteiger partial charge in [-0.3, -0.25) is 4.79 Å². The van der Waals surface area contributed by atoms with Gasteiger partial charge < -0.3 is 9.80 Å². The topological polar surface area (TPSA) is 60.2 Å². The summed E-state index contributed by atoms with van der Waals surface area (Å²) in [5, 5.41) is 10.1. The van der Waals surface area contributed by atoms with Crippen molar-refractivity contribution in [3.63, 3.8) is 0 Å². The summed E-state index contributed by atoms with van der Waals surface area (Å²) < 4.78 is 0. The lowest BCUT2D eigenvalue weighted by Gasteiger charge is -2.35. The van der Waals surface area contributed by atoms with Crippen LogP contribution in [0.4, 0.5) is 5.82 Å². The number of halogens is 2. The van der Waals surface area contributed by atoms with Crippen molar-refractivity contribution in [3.05, 3.63) is 57.7 Å². The maximum atomic E-state index is 12.6. The van der Waals surface area contributed by atoms with Crippen molar-refractivity contribution in [2.75, 3.05) is 31.1 Å².